The molecule has 0 unspecified atom stereocenters. The number of hydrogen-bond acceptors (Lipinski definition) is 4. The van der Waals surface area contributed by atoms with Crippen molar-refractivity contribution in [3.8, 4) is 5.69 Å². The molecule has 0 spiro atoms. The fourth-order valence-corrected chi connectivity index (χ4v) is 2.60. The topological polar surface area (TPSA) is 105 Å². The summed E-state index contributed by atoms with van der Waals surface area (Å²) in [6, 6.07) is 16.1. The largest absolute Gasteiger partial charge is 0.343 e. The molecule has 3 amide bonds. The summed E-state index contributed by atoms with van der Waals surface area (Å²) in [7, 11) is 0. The summed E-state index contributed by atoms with van der Waals surface area (Å²) in [5, 5.41) is 12.1. The Labute approximate surface area is 173 Å². The van der Waals surface area contributed by atoms with E-state index in [1.165, 1.54) is 13.0 Å². The summed E-state index contributed by atoms with van der Waals surface area (Å²) in [6.07, 6.45) is 6.49. The van der Waals surface area contributed by atoms with Crippen LogP contribution in [0.25, 0.3) is 11.8 Å². The molecule has 0 atom stereocenters. The molecule has 0 fully saturated rings. The fourth-order valence-electron chi connectivity index (χ4n) is 2.60. The van der Waals surface area contributed by atoms with E-state index in [4.69, 9.17) is 0 Å². The van der Waals surface area contributed by atoms with E-state index in [9.17, 15) is 14.4 Å². The van der Waals surface area contributed by atoms with Gasteiger partial charge < -0.3 is 16.0 Å². The number of carbonyl (C=O) groups excluding carboxylic acids is 3. The Balaban J connectivity index is 1.44. The van der Waals surface area contributed by atoms with E-state index < -0.39 is 0 Å². The number of hydrogen-bond donors (Lipinski definition) is 3. The maximum Gasteiger partial charge on any atom is 0.244 e. The van der Waals surface area contributed by atoms with Gasteiger partial charge in [-0.25, -0.2) is 4.68 Å². The number of carbonyl (C=O) groups is 3. The number of anilines is 2. The lowest BCUT2D eigenvalue weighted by Gasteiger charge is -2.07. The Hall–Kier alpha value is -4.20. The Morgan fingerprint density at radius 2 is 1.63 bits per heavy atom. The first-order valence-corrected chi connectivity index (χ1v) is 9.23. The van der Waals surface area contributed by atoms with Crippen LogP contribution in [0.15, 0.2) is 73.1 Å². The molecule has 0 saturated carbocycles. The molecule has 2 aromatic carbocycles. The van der Waals surface area contributed by atoms with E-state index in [1.807, 2.05) is 24.4 Å². The quantitative estimate of drug-likeness (QED) is 0.527. The van der Waals surface area contributed by atoms with Crippen molar-refractivity contribution < 1.29 is 14.4 Å². The summed E-state index contributed by atoms with van der Waals surface area (Å²) in [5.74, 6) is -0.863. The van der Waals surface area contributed by atoms with E-state index in [1.54, 1.807) is 53.4 Å². The molecule has 152 valence electrons. The number of nitrogens with one attached hydrogen (secondary N) is 3. The highest BCUT2D eigenvalue weighted by Gasteiger charge is 2.05. The van der Waals surface area contributed by atoms with Crippen LogP contribution in [0.1, 0.15) is 12.5 Å². The zero-order valence-corrected chi connectivity index (χ0v) is 16.3. The van der Waals surface area contributed by atoms with Crippen LogP contribution in [0.3, 0.4) is 0 Å². The monoisotopic (exact) mass is 403 g/mol. The van der Waals surface area contributed by atoms with Crippen LogP contribution in [-0.4, -0.2) is 34.0 Å². The highest BCUT2D eigenvalue weighted by Crippen LogP contribution is 2.12. The minimum atomic E-state index is -0.384. The number of nitrogens with zero attached hydrogens (tertiary/aromatic N) is 2. The molecule has 30 heavy (non-hydrogen) atoms. The number of benzene rings is 2. The van der Waals surface area contributed by atoms with Gasteiger partial charge in [-0.1, -0.05) is 12.1 Å². The Bertz CT molecular complexity index is 1040. The van der Waals surface area contributed by atoms with Crippen LogP contribution in [-0.2, 0) is 14.4 Å². The summed E-state index contributed by atoms with van der Waals surface area (Å²) in [6.45, 7) is 1.29. The first-order valence-electron chi connectivity index (χ1n) is 9.23. The number of rotatable bonds is 7. The normalized spacial score (nSPS) is 10.6. The van der Waals surface area contributed by atoms with Gasteiger partial charge in [-0.2, -0.15) is 5.10 Å². The molecule has 0 saturated heterocycles. The lowest BCUT2D eigenvalue weighted by Crippen LogP contribution is -2.31. The molecule has 0 bridgehead atoms. The van der Waals surface area contributed by atoms with Crippen LogP contribution in [0, 0.1) is 0 Å². The minimum Gasteiger partial charge on any atom is -0.343 e. The molecule has 1 aromatic heterocycles. The Morgan fingerprint density at radius 3 is 2.27 bits per heavy atom. The van der Waals surface area contributed by atoms with Crippen molar-refractivity contribution in [2.24, 2.45) is 0 Å². The van der Waals surface area contributed by atoms with Gasteiger partial charge >= 0.3 is 0 Å². The van der Waals surface area contributed by atoms with Gasteiger partial charge in [0.25, 0.3) is 0 Å². The molecular weight excluding hydrogens is 382 g/mol. The van der Waals surface area contributed by atoms with E-state index in [0.717, 1.165) is 11.3 Å². The Morgan fingerprint density at radius 1 is 0.967 bits per heavy atom. The number of aromatic nitrogens is 2. The van der Waals surface area contributed by atoms with Crippen molar-refractivity contribution in [3.05, 3.63) is 78.6 Å². The molecule has 0 aliphatic rings. The first kappa shape index (κ1) is 20.5. The van der Waals surface area contributed by atoms with Gasteiger partial charge in [0.15, 0.2) is 0 Å². The average Bonchev–Trinajstić information content (AvgIpc) is 3.27. The fraction of sp³-hybridized carbons (Fsp3) is 0.0909. The van der Waals surface area contributed by atoms with Gasteiger partial charge in [0.2, 0.25) is 17.7 Å². The molecule has 3 aromatic rings. The predicted molar refractivity (Wildman–Crippen MR) is 115 cm³/mol. The second-order valence-corrected chi connectivity index (χ2v) is 6.40. The van der Waals surface area contributed by atoms with Crippen LogP contribution >= 0.6 is 0 Å². The minimum absolute atomic E-state index is 0.147. The maximum atomic E-state index is 12.0. The molecule has 3 N–H and O–H groups in total. The summed E-state index contributed by atoms with van der Waals surface area (Å²) >= 11 is 0. The molecule has 1 heterocycles. The van der Waals surface area contributed by atoms with Gasteiger partial charge in [0.05, 0.1) is 12.2 Å². The maximum absolute atomic E-state index is 12.0. The van der Waals surface area contributed by atoms with Gasteiger partial charge in [-0.15, -0.1) is 0 Å². The third-order valence-corrected chi connectivity index (χ3v) is 4.00. The second-order valence-electron chi connectivity index (χ2n) is 6.40. The van der Waals surface area contributed by atoms with Crippen molar-refractivity contribution in [2.45, 2.75) is 6.92 Å². The lowest BCUT2D eigenvalue weighted by atomic mass is 10.2. The van der Waals surface area contributed by atoms with Crippen LogP contribution in [0.5, 0.6) is 0 Å². The van der Waals surface area contributed by atoms with Crippen molar-refractivity contribution in [1.82, 2.24) is 15.1 Å². The molecule has 0 aliphatic heterocycles. The third-order valence-electron chi connectivity index (χ3n) is 4.00. The zero-order chi connectivity index (χ0) is 21.3. The van der Waals surface area contributed by atoms with Gasteiger partial charge in [-0.3, -0.25) is 14.4 Å². The lowest BCUT2D eigenvalue weighted by molar-refractivity contribution is -0.121. The van der Waals surface area contributed by atoms with E-state index in [-0.39, 0.29) is 24.3 Å². The third kappa shape index (κ3) is 6.16. The average molecular weight is 403 g/mol. The molecule has 8 heteroatoms. The van der Waals surface area contributed by atoms with Crippen LogP contribution in [0.4, 0.5) is 11.4 Å². The first-order chi connectivity index (χ1) is 14.5. The van der Waals surface area contributed by atoms with Crippen molar-refractivity contribution in [2.75, 3.05) is 17.2 Å². The van der Waals surface area contributed by atoms with Crippen LogP contribution < -0.4 is 16.0 Å². The predicted octanol–water partition coefficient (Wildman–Crippen LogP) is 2.60. The SMILES string of the molecule is CC(=O)Nc1ccc(/C=C/C(=O)NCC(=O)Nc2ccc(-n3cccn3)cc2)cc1. The van der Waals surface area contributed by atoms with E-state index >= 15 is 0 Å². The van der Waals surface area contributed by atoms with Gasteiger partial charge in [0.1, 0.15) is 0 Å². The molecular formula is C22H21N5O3. The van der Waals surface area contributed by atoms with Crippen LogP contribution in [0.2, 0.25) is 0 Å². The highest BCUT2D eigenvalue weighted by molar-refractivity contribution is 5.98. The molecule has 3 rings (SSSR count). The highest BCUT2D eigenvalue weighted by atomic mass is 16.2. The summed E-state index contributed by atoms with van der Waals surface area (Å²) in [5.41, 5.74) is 2.97. The zero-order valence-electron chi connectivity index (χ0n) is 16.3. The summed E-state index contributed by atoms with van der Waals surface area (Å²) in [4.78, 5) is 35.0. The van der Waals surface area contributed by atoms with Crippen molar-refractivity contribution in [3.63, 3.8) is 0 Å². The van der Waals surface area contributed by atoms with Gasteiger partial charge in [-0.05, 0) is 54.1 Å². The molecule has 0 aliphatic carbocycles. The molecule has 0 radical (unpaired) electrons. The standard InChI is InChI=1S/C22H21N5O3/c1-16(28)25-18-6-3-17(4-7-18)5-12-21(29)23-15-22(30)26-19-8-10-20(11-9-19)27-14-2-13-24-27/h2-14H,15H2,1H3,(H,23,29)(H,25,28)(H,26,30)/b12-5+. The van der Waals surface area contributed by atoms with E-state index in [0.29, 0.717) is 11.4 Å². The second kappa shape index (κ2) is 9.83. The summed E-state index contributed by atoms with van der Waals surface area (Å²) < 4.78 is 1.71. The van der Waals surface area contributed by atoms with Crippen molar-refractivity contribution >= 4 is 35.2 Å². The van der Waals surface area contributed by atoms with Crippen molar-refractivity contribution in [1.29, 1.82) is 0 Å². The smallest absolute Gasteiger partial charge is 0.244 e. The number of amides is 3. The Kier molecular flexibility index (Phi) is 6.73. The molecule has 8 nitrogen and oxygen atoms in total. The van der Waals surface area contributed by atoms with Gasteiger partial charge in [0, 0.05) is 36.8 Å². The van der Waals surface area contributed by atoms with E-state index in [2.05, 4.69) is 21.0 Å².